The Bertz CT molecular complexity index is 846. The van der Waals surface area contributed by atoms with E-state index in [0.29, 0.717) is 37.4 Å². The van der Waals surface area contributed by atoms with E-state index in [9.17, 15) is 4.79 Å². The normalized spacial score (nSPS) is 13.6. The number of aromatic nitrogens is 3. The molecule has 120 valence electrons. The van der Waals surface area contributed by atoms with Crippen molar-refractivity contribution in [2.45, 2.75) is 19.4 Å². The van der Waals surface area contributed by atoms with Crippen molar-refractivity contribution < 1.29 is 9.21 Å². The minimum Gasteiger partial charge on any atom is -0.445 e. The summed E-state index contributed by atoms with van der Waals surface area (Å²) in [5, 5.41) is 7.47. The molecular formula is C18H16N4O2. The van der Waals surface area contributed by atoms with Crippen LogP contribution in [-0.2, 0) is 19.4 Å². The Morgan fingerprint density at radius 1 is 1.17 bits per heavy atom. The molecule has 0 saturated heterocycles. The molecule has 2 aromatic heterocycles. The molecule has 6 nitrogen and oxygen atoms in total. The van der Waals surface area contributed by atoms with Gasteiger partial charge in [0, 0.05) is 19.4 Å². The van der Waals surface area contributed by atoms with E-state index in [0.717, 1.165) is 17.0 Å². The van der Waals surface area contributed by atoms with Crippen molar-refractivity contribution in [1.82, 2.24) is 20.1 Å². The maximum absolute atomic E-state index is 12.5. The first-order valence-corrected chi connectivity index (χ1v) is 7.87. The van der Waals surface area contributed by atoms with E-state index in [-0.39, 0.29) is 5.91 Å². The molecule has 0 fully saturated rings. The zero-order valence-corrected chi connectivity index (χ0v) is 13.1. The van der Waals surface area contributed by atoms with Gasteiger partial charge in [0.25, 0.3) is 5.91 Å². The Hall–Kier alpha value is -3.02. The molecule has 6 heteroatoms. The second-order valence-corrected chi connectivity index (χ2v) is 5.75. The first-order valence-electron chi connectivity index (χ1n) is 7.87. The Morgan fingerprint density at radius 2 is 2.04 bits per heavy atom. The van der Waals surface area contributed by atoms with Crippen LogP contribution in [0, 0.1) is 0 Å². The van der Waals surface area contributed by atoms with Gasteiger partial charge >= 0.3 is 0 Å². The highest BCUT2D eigenvalue weighted by molar-refractivity contribution is 5.93. The molecule has 0 unspecified atom stereocenters. The van der Waals surface area contributed by atoms with Gasteiger partial charge in [-0.05, 0) is 11.6 Å². The fraction of sp³-hybridized carbons (Fsp3) is 0.222. The highest BCUT2D eigenvalue weighted by atomic mass is 16.4. The summed E-state index contributed by atoms with van der Waals surface area (Å²) in [7, 11) is 0. The molecule has 3 aromatic rings. The largest absolute Gasteiger partial charge is 0.445 e. The summed E-state index contributed by atoms with van der Waals surface area (Å²) in [5.74, 6) is 1.53. The van der Waals surface area contributed by atoms with Crippen LogP contribution in [0.4, 0.5) is 0 Å². The molecule has 1 aliphatic heterocycles. The number of nitrogens with zero attached hydrogens (tertiary/aromatic N) is 4. The van der Waals surface area contributed by atoms with Crippen LogP contribution < -0.4 is 0 Å². The van der Waals surface area contributed by atoms with Gasteiger partial charge in [-0.3, -0.25) is 4.79 Å². The standard InChI is InChI=1S/C18H16N4O2/c23-18(14-6-8-19-20-11-14)22-9-7-16-15(12-22)21-17(24-16)10-13-4-2-1-3-5-13/h1-6,8,11H,7,9-10,12H2. The Labute approximate surface area is 139 Å². The number of hydrogen-bond donors (Lipinski definition) is 0. The molecule has 0 bridgehead atoms. The molecule has 4 rings (SSSR count). The van der Waals surface area contributed by atoms with Crippen LogP contribution in [0.2, 0.25) is 0 Å². The average Bonchev–Trinajstić information content (AvgIpc) is 3.04. The highest BCUT2D eigenvalue weighted by Gasteiger charge is 2.26. The van der Waals surface area contributed by atoms with E-state index < -0.39 is 0 Å². The number of rotatable bonds is 3. The molecule has 0 atom stereocenters. The summed E-state index contributed by atoms with van der Waals surface area (Å²) in [4.78, 5) is 18.9. The third-order valence-electron chi connectivity index (χ3n) is 4.09. The summed E-state index contributed by atoms with van der Waals surface area (Å²) in [6.07, 6.45) is 4.36. The third-order valence-corrected chi connectivity index (χ3v) is 4.09. The summed E-state index contributed by atoms with van der Waals surface area (Å²) >= 11 is 0. The summed E-state index contributed by atoms with van der Waals surface area (Å²) < 4.78 is 5.87. The number of carbonyl (C=O) groups excluding carboxylic acids is 1. The number of carbonyl (C=O) groups is 1. The van der Waals surface area contributed by atoms with Gasteiger partial charge in [-0.15, -0.1) is 0 Å². The third kappa shape index (κ3) is 2.90. The van der Waals surface area contributed by atoms with Gasteiger partial charge in [0.05, 0.1) is 24.5 Å². The van der Waals surface area contributed by atoms with Gasteiger partial charge in [-0.25, -0.2) is 4.98 Å². The predicted octanol–water partition coefficient (Wildman–Crippen LogP) is 2.25. The Kier molecular flexibility index (Phi) is 3.78. The average molecular weight is 320 g/mol. The van der Waals surface area contributed by atoms with Gasteiger partial charge in [-0.2, -0.15) is 10.2 Å². The van der Waals surface area contributed by atoms with Crippen LogP contribution in [0.25, 0.3) is 0 Å². The highest BCUT2D eigenvalue weighted by Crippen LogP contribution is 2.22. The zero-order valence-electron chi connectivity index (χ0n) is 13.1. The quantitative estimate of drug-likeness (QED) is 0.740. The van der Waals surface area contributed by atoms with Crippen molar-refractivity contribution in [2.75, 3.05) is 6.54 Å². The van der Waals surface area contributed by atoms with Crippen LogP contribution in [0.5, 0.6) is 0 Å². The lowest BCUT2D eigenvalue weighted by molar-refractivity contribution is 0.0727. The van der Waals surface area contributed by atoms with Crippen LogP contribution in [0.3, 0.4) is 0 Å². The predicted molar refractivity (Wildman–Crippen MR) is 86.2 cm³/mol. The maximum Gasteiger partial charge on any atom is 0.255 e. The van der Waals surface area contributed by atoms with E-state index in [4.69, 9.17) is 4.42 Å². The molecule has 3 heterocycles. The van der Waals surface area contributed by atoms with E-state index in [1.807, 2.05) is 18.2 Å². The molecule has 1 aliphatic rings. The topological polar surface area (TPSA) is 72.1 Å². The molecule has 1 aromatic carbocycles. The fourth-order valence-corrected chi connectivity index (χ4v) is 2.87. The van der Waals surface area contributed by atoms with Gasteiger partial charge in [-0.1, -0.05) is 30.3 Å². The number of benzene rings is 1. The number of oxazole rings is 1. The lowest BCUT2D eigenvalue weighted by Crippen LogP contribution is -2.35. The van der Waals surface area contributed by atoms with E-state index in [1.54, 1.807) is 11.0 Å². The minimum absolute atomic E-state index is 0.0526. The van der Waals surface area contributed by atoms with Crippen LogP contribution in [0.15, 0.2) is 53.2 Å². The summed E-state index contributed by atoms with van der Waals surface area (Å²) in [6.45, 7) is 1.09. The SMILES string of the molecule is O=C(c1ccnnc1)N1CCc2oc(Cc3ccccc3)nc2C1. The molecule has 0 N–H and O–H groups in total. The van der Waals surface area contributed by atoms with Crippen molar-refractivity contribution >= 4 is 5.91 Å². The van der Waals surface area contributed by atoms with Gasteiger partial charge in [0.15, 0.2) is 5.89 Å². The van der Waals surface area contributed by atoms with Gasteiger partial charge in [0.2, 0.25) is 0 Å². The first kappa shape index (κ1) is 14.6. The van der Waals surface area contributed by atoms with E-state index in [2.05, 4.69) is 27.3 Å². The van der Waals surface area contributed by atoms with E-state index >= 15 is 0 Å². The van der Waals surface area contributed by atoms with E-state index in [1.165, 1.54) is 12.4 Å². The molecule has 0 saturated carbocycles. The summed E-state index contributed by atoms with van der Waals surface area (Å²) in [6, 6.07) is 11.8. The second kappa shape index (κ2) is 6.23. The number of hydrogen-bond acceptors (Lipinski definition) is 5. The van der Waals surface area contributed by atoms with Crippen molar-refractivity contribution in [1.29, 1.82) is 0 Å². The Balaban J connectivity index is 1.50. The zero-order chi connectivity index (χ0) is 16.4. The van der Waals surface area contributed by atoms with Crippen LogP contribution >= 0.6 is 0 Å². The van der Waals surface area contributed by atoms with Crippen LogP contribution in [0.1, 0.15) is 33.3 Å². The Morgan fingerprint density at radius 3 is 2.83 bits per heavy atom. The molecule has 0 spiro atoms. The molecule has 1 amide bonds. The fourth-order valence-electron chi connectivity index (χ4n) is 2.87. The van der Waals surface area contributed by atoms with Crippen molar-refractivity contribution in [3.63, 3.8) is 0 Å². The van der Waals surface area contributed by atoms with Gasteiger partial charge in [0.1, 0.15) is 11.5 Å². The second-order valence-electron chi connectivity index (χ2n) is 5.75. The molecule has 0 radical (unpaired) electrons. The summed E-state index contributed by atoms with van der Waals surface area (Å²) in [5.41, 5.74) is 2.55. The molecule has 24 heavy (non-hydrogen) atoms. The smallest absolute Gasteiger partial charge is 0.255 e. The first-order chi connectivity index (χ1) is 11.8. The molecule has 0 aliphatic carbocycles. The van der Waals surface area contributed by atoms with Gasteiger partial charge < -0.3 is 9.32 Å². The van der Waals surface area contributed by atoms with Crippen molar-refractivity contribution in [2.24, 2.45) is 0 Å². The monoisotopic (exact) mass is 320 g/mol. The minimum atomic E-state index is -0.0526. The maximum atomic E-state index is 12.5. The van der Waals surface area contributed by atoms with Crippen molar-refractivity contribution in [3.8, 4) is 0 Å². The van der Waals surface area contributed by atoms with Crippen molar-refractivity contribution in [3.05, 3.63) is 77.3 Å². The number of amides is 1. The lowest BCUT2D eigenvalue weighted by atomic mass is 10.1. The lowest BCUT2D eigenvalue weighted by Gasteiger charge is -2.25. The molecular weight excluding hydrogens is 304 g/mol. The number of fused-ring (bicyclic) bond motifs is 1. The van der Waals surface area contributed by atoms with Crippen LogP contribution in [-0.4, -0.2) is 32.5 Å².